The molecule has 288 valence electrons. The van der Waals surface area contributed by atoms with E-state index in [1.807, 2.05) is 61.5 Å². The molecule has 4 atom stereocenters. The van der Waals surface area contributed by atoms with E-state index in [1.165, 1.54) is 4.90 Å². The minimum atomic E-state index is -3.03. The zero-order valence-corrected chi connectivity index (χ0v) is 32.9. The van der Waals surface area contributed by atoms with E-state index in [-0.39, 0.29) is 48.6 Å². The monoisotopic (exact) mass is 753 g/mol. The molecule has 10 heteroatoms. The van der Waals surface area contributed by atoms with Crippen LogP contribution in [0, 0.1) is 17.8 Å². The van der Waals surface area contributed by atoms with Gasteiger partial charge in [0.2, 0.25) is 11.8 Å². The number of aromatic hydroxyl groups is 1. The van der Waals surface area contributed by atoms with Crippen LogP contribution in [-0.4, -0.2) is 77.3 Å². The van der Waals surface area contributed by atoms with Gasteiger partial charge in [-0.1, -0.05) is 112 Å². The predicted octanol–water partition coefficient (Wildman–Crippen LogP) is 6.07. The minimum Gasteiger partial charge on any atom is -0.508 e. The predicted molar refractivity (Wildman–Crippen MR) is 213 cm³/mol. The largest absolute Gasteiger partial charge is 0.508 e. The Morgan fingerprint density at radius 2 is 1.52 bits per heavy atom. The zero-order chi connectivity index (χ0) is 39.0. The van der Waals surface area contributed by atoms with E-state index >= 15 is 0 Å². The van der Waals surface area contributed by atoms with Crippen molar-refractivity contribution in [3.8, 4) is 5.75 Å². The number of nitrogens with zero attached hydrogens (tertiary/aromatic N) is 1. The van der Waals surface area contributed by atoms with Crippen LogP contribution in [0.4, 0.5) is 0 Å². The summed E-state index contributed by atoms with van der Waals surface area (Å²) in [6.07, 6.45) is 3.65. The maximum absolute atomic E-state index is 14.0. The average molecular weight is 754 g/mol. The van der Waals surface area contributed by atoms with E-state index in [1.54, 1.807) is 12.1 Å². The van der Waals surface area contributed by atoms with Crippen molar-refractivity contribution >= 4 is 42.6 Å². The number of carbonyl (C=O) groups excluding carboxylic acids is 2. The highest BCUT2D eigenvalue weighted by Gasteiger charge is 2.56. The summed E-state index contributed by atoms with van der Waals surface area (Å²) in [4.78, 5) is 40.3. The summed E-state index contributed by atoms with van der Waals surface area (Å²) in [5.41, 5.74) is 3.27. The van der Waals surface area contributed by atoms with E-state index in [9.17, 15) is 29.7 Å². The standard InChI is InChI=1S/C44H55NO8Si/c1-30(26-31-20-22-33(47)23-21-31)19-24-38(48)40-32(27-36-41(37(40)28-46)43(52)45(42(36)51)25-13-7-12-18-39(49)50)29-53-54(44(2,3)4,34-14-8-5-9-15-34)35-16-10-6-11-17-35/h5-6,8-11,14-17,20-23,26,36-38,41,46-48H,7,12-13,18-19,24-25,27-29H2,1-4H3,(H,49,50)/b30-26+/t36-,37+,38-,41-/m1/s1. The topological polar surface area (TPSA) is 145 Å². The summed E-state index contributed by atoms with van der Waals surface area (Å²) in [6.45, 7) is 8.45. The van der Waals surface area contributed by atoms with Crippen LogP contribution in [0.15, 0.2) is 102 Å². The lowest BCUT2D eigenvalue weighted by Gasteiger charge is -2.44. The van der Waals surface area contributed by atoms with Crippen molar-refractivity contribution in [2.24, 2.45) is 17.8 Å². The highest BCUT2D eigenvalue weighted by molar-refractivity contribution is 6.99. The molecule has 1 saturated heterocycles. The summed E-state index contributed by atoms with van der Waals surface area (Å²) in [7, 11) is -3.03. The number of carbonyl (C=O) groups is 3. The fourth-order valence-electron chi connectivity index (χ4n) is 8.50. The maximum Gasteiger partial charge on any atom is 0.303 e. The molecule has 0 unspecified atom stereocenters. The molecule has 0 spiro atoms. The van der Waals surface area contributed by atoms with Crippen LogP contribution in [-0.2, 0) is 18.8 Å². The molecular weight excluding hydrogens is 699 g/mol. The molecule has 2 amide bonds. The molecule has 0 saturated carbocycles. The van der Waals surface area contributed by atoms with E-state index < -0.39 is 44.8 Å². The second-order valence-corrected chi connectivity index (χ2v) is 20.1. The number of phenols is 1. The van der Waals surface area contributed by atoms with Crippen molar-refractivity contribution < 1.29 is 39.2 Å². The molecule has 0 aromatic heterocycles. The van der Waals surface area contributed by atoms with Gasteiger partial charge < -0.3 is 24.9 Å². The highest BCUT2D eigenvalue weighted by Crippen LogP contribution is 2.47. The lowest BCUT2D eigenvalue weighted by Crippen LogP contribution is -2.66. The molecule has 0 bridgehead atoms. The number of amides is 2. The van der Waals surface area contributed by atoms with Gasteiger partial charge in [-0.2, -0.15) is 0 Å². The third-order valence-corrected chi connectivity index (χ3v) is 16.1. The zero-order valence-electron chi connectivity index (χ0n) is 31.9. The van der Waals surface area contributed by atoms with Gasteiger partial charge in [0.05, 0.1) is 31.2 Å². The fraction of sp³-hybridized carbons (Fsp3) is 0.432. The van der Waals surface area contributed by atoms with Crippen molar-refractivity contribution in [2.45, 2.75) is 83.8 Å². The number of phenolic OH excluding ortho intramolecular Hbond substituents is 1. The van der Waals surface area contributed by atoms with Gasteiger partial charge >= 0.3 is 5.97 Å². The van der Waals surface area contributed by atoms with Crippen LogP contribution in [0.1, 0.15) is 78.2 Å². The van der Waals surface area contributed by atoms with Crippen LogP contribution in [0.2, 0.25) is 5.04 Å². The maximum atomic E-state index is 14.0. The molecule has 0 radical (unpaired) electrons. The summed E-state index contributed by atoms with van der Waals surface area (Å²) in [5, 5.41) is 43.7. The first-order valence-corrected chi connectivity index (χ1v) is 21.0. The average Bonchev–Trinajstić information content (AvgIpc) is 3.38. The number of hydrogen-bond acceptors (Lipinski definition) is 7. The van der Waals surface area contributed by atoms with Gasteiger partial charge in [-0.05, 0) is 83.3 Å². The first-order valence-electron chi connectivity index (χ1n) is 19.1. The third kappa shape index (κ3) is 8.95. The number of aliphatic carboxylic acids is 1. The van der Waals surface area contributed by atoms with Crippen LogP contribution >= 0.6 is 0 Å². The van der Waals surface area contributed by atoms with Crippen molar-refractivity contribution in [3.63, 3.8) is 0 Å². The number of imide groups is 1. The number of allylic oxidation sites excluding steroid dienone is 1. The fourth-order valence-corrected chi connectivity index (χ4v) is 13.1. The van der Waals surface area contributed by atoms with Gasteiger partial charge in [0.15, 0.2) is 0 Å². The van der Waals surface area contributed by atoms with Crippen molar-refractivity contribution in [3.05, 3.63) is 107 Å². The smallest absolute Gasteiger partial charge is 0.303 e. The first kappa shape index (κ1) is 40.8. The van der Waals surface area contributed by atoms with Gasteiger partial charge in [0.1, 0.15) is 5.75 Å². The van der Waals surface area contributed by atoms with E-state index in [4.69, 9.17) is 9.53 Å². The number of carboxylic acid groups (broad SMARTS) is 1. The Hall–Kier alpha value is -4.35. The van der Waals surface area contributed by atoms with Gasteiger partial charge in [-0.15, -0.1) is 0 Å². The molecule has 1 fully saturated rings. The Kier molecular flexibility index (Phi) is 13.5. The molecule has 2 aliphatic rings. The van der Waals surface area contributed by atoms with Crippen LogP contribution < -0.4 is 10.4 Å². The molecule has 1 aliphatic heterocycles. The number of rotatable bonds is 17. The molecule has 3 aromatic carbocycles. The second kappa shape index (κ2) is 17.9. The Morgan fingerprint density at radius 1 is 0.907 bits per heavy atom. The Morgan fingerprint density at radius 3 is 2.07 bits per heavy atom. The van der Waals surface area contributed by atoms with Gasteiger partial charge in [-0.25, -0.2) is 0 Å². The van der Waals surface area contributed by atoms with Gasteiger partial charge in [0, 0.05) is 18.9 Å². The number of unbranched alkanes of at least 4 members (excludes halogenated alkanes) is 2. The van der Waals surface area contributed by atoms with E-state index in [0.717, 1.165) is 27.1 Å². The summed E-state index contributed by atoms with van der Waals surface area (Å²) < 4.78 is 7.34. The minimum absolute atomic E-state index is 0.0309. The lowest BCUT2D eigenvalue weighted by atomic mass is 9.68. The number of aliphatic hydroxyl groups is 2. The molecule has 1 aliphatic carbocycles. The quantitative estimate of drug-likeness (QED) is 0.0563. The van der Waals surface area contributed by atoms with Crippen molar-refractivity contribution in [1.82, 2.24) is 4.90 Å². The number of carboxylic acids is 1. The summed E-state index contributed by atoms with van der Waals surface area (Å²) in [5.74, 6) is -3.60. The molecule has 1 heterocycles. The number of likely N-dealkylation sites (tertiary alicyclic amines) is 1. The highest BCUT2D eigenvalue weighted by atomic mass is 28.4. The first-order chi connectivity index (χ1) is 25.8. The van der Waals surface area contributed by atoms with Crippen LogP contribution in [0.3, 0.4) is 0 Å². The Balaban J connectivity index is 1.51. The summed E-state index contributed by atoms with van der Waals surface area (Å²) in [6, 6.07) is 27.4. The van der Waals surface area contributed by atoms with E-state index in [0.29, 0.717) is 37.7 Å². The van der Waals surface area contributed by atoms with Gasteiger partial charge in [0.25, 0.3) is 8.32 Å². The van der Waals surface area contributed by atoms with Crippen LogP contribution in [0.5, 0.6) is 5.75 Å². The molecular formula is C44H55NO8Si. The molecule has 3 aromatic rings. The SMILES string of the molecule is C/C(=C\c1ccc(O)cc1)CC[C@@H](O)C1=C(CO[Si](c2ccccc2)(c2ccccc2)C(C)(C)C)C[C@H]2C(=O)N(CCCCCC(=O)O)C(=O)[C@H]2[C@H]1CO. The number of benzene rings is 3. The normalized spacial score (nSPS) is 20.0. The molecule has 9 nitrogen and oxygen atoms in total. The molecule has 4 N–H and O–H groups in total. The molecule has 5 rings (SSSR count). The second-order valence-electron chi connectivity index (χ2n) is 15.8. The molecule has 54 heavy (non-hydrogen) atoms. The number of aliphatic hydroxyl groups excluding tert-OH is 2. The third-order valence-electron chi connectivity index (χ3n) is 11.1. The van der Waals surface area contributed by atoms with Crippen LogP contribution in [0.25, 0.3) is 6.08 Å². The Labute approximate surface area is 320 Å². The van der Waals surface area contributed by atoms with E-state index in [2.05, 4.69) is 45.0 Å². The lowest BCUT2D eigenvalue weighted by molar-refractivity contribution is -0.141. The Bertz CT molecular complexity index is 1780. The van der Waals surface area contributed by atoms with Crippen molar-refractivity contribution in [2.75, 3.05) is 19.8 Å². The van der Waals surface area contributed by atoms with Crippen molar-refractivity contribution in [1.29, 1.82) is 0 Å². The summed E-state index contributed by atoms with van der Waals surface area (Å²) >= 11 is 0. The number of fused-ring (bicyclic) bond motifs is 1. The number of hydrogen-bond donors (Lipinski definition) is 4. The van der Waals surface area contributed by atoms with Gasteiger partial charge in [-0.3, -0.25) is 19.3 Å².